The number of hydrogen-bond donors (Lipinski definition) is 1. The Morgan fingerprint density at radius 3 is 2.92 bits per heavy atom. The zero-order chi connectivity index (χ0) is 9.31. The van der Waals surface area contributed by atoms with E-state index in [0.717, 1.165) is 19.3 Å². The Bertz CT molecular complexity index is 255. The zero-order valence-electron chi connectivity index (χ0n) is 7.88. The predicted octanol–water partition coefficient (Wildman–Crippen LogP) is 1.83. The Morgan fingerprint density at radius 1 is 1.31 bits per heavy atom. The van der Waals surface area contributed by atoms with Crippen LogP contribution in [0.4, 0.5) is 0 Å². The van der Waals surface area contributed by atoms with Crippen LogP contribution >= 0.6 is 0 Å². The Hall–Kier alpha value is -0.630. The summed E-state index contributed by atoms with van der Waals surface area (Å²) in [6.07, 6.45) is 7.76. The molecule has 0 heterocycles. The van der Waals surface area contributed by atoms with Gasteiger partial charge in [-0.25, -0.2) is 0 Å². The first-order chi connectivity index (χ1) is 6.27. The maximum absolute atomic E-state index is 11.2. The first-order valence-electron chi connectivity index (χ1n) is 5.12. The maximum atomic E-state index is 11.2. The van der Waals surface area contributed by atoms with Crippen molar-refractivity contribution < 1.29 is 9.90 Å². The monoisotopic (exact) mass is 180 g/mol. The van der Waals surface area contributed by atoms with Gasteiger partial charge in [0.25, 0.3) is 0 Å². The number of aliphatic hydroxyl groups excluding tert-OH is 1. The summed E-state index contributed by atoms with van der Waals surface area (Å²) in [4.78, 5) is 11.2. The first kappa shape index (κ1) is 8.95. The zero-order valence-corrected chi connectivity index (χ0v) is 7.88. The molecule has 1 saturated carbocycles. The molecule has 2 nitrogen and oxygen atoms in total. The van der Waals surface area contributed by atoms with Crippen molar-refractivity contribution in [2.75, 3.05) is 6.61 Å². The normalized spacial score (nSPS) is 33.9. The molecule has 0 spiro atoms. The molecule has 0 aromatic rings. The van der Waals surface area contributed by atoms with Crippen molar-refractivity contribution in [3.8, 4) is 0 Å². The highest BCUT2D eigenvalue weighted by Gasteiger charge is 2.38. The fourth-order valence-corrected chi connectivity index (χ4v) is 2.60. The first-order valence-corrected chi connectivity index (χ1v) is 5.12. The second-order valence-electron chi connectivity index (χ2n) is 4.28. The molecule has 2 aliphatic rings. The second kappa shape index (κ2) is 3.26. The van der Waals surface area contributed by atoms with Crippen LogP contribution in [0.5, 0.6) is 0 Å². The van der Waals surface area contributed by atoms with Crippen molar-refractivity contribution in [1.82, 2.24) is 0 Å². The highest BCUT2D eigenvalue weighted by atomic mass is 16.3. The van der Waals surface area contributed by atoms with Crippen molar-refractivity contribution in [3.63, 3.8) is 0 Å². The van der Waals surface area contributed by atoms with Crippen LogP contribution in [0.25, 0.3) is 0 Å². The Labute approximate surface area is 78.6 Å². The summed E-state index contributed by atoms with van der Waals surface area (Å²) in [7, 11) is 0. The van der Waals surface area contributed by atoms with Gasteiger partial charge in [0.05, 0.1) is 6.61 Å². The molecular weight excluding hydrogens is 164 g/mol. The van der Waals surface area contributed by atoms with Crippen LogP contribution in [0.15, 0.2) is 11.6 Å². The number of fused-ring (bicyclic) bond motifs is 1. The van der Waals surface area contributed by atoms with Gasteiger partial charge in [-0.15, -0.1) is 0 Å². The molecule has 0 aromatic carbocycles. The van der Waals surface area contributed by atoms with Crippen molar-refractivity contribution >= 4 is 5.78 Å². The highest BCUT2D eigenvalue weighted by molar-refractivity contribution is 5.91. The van der Waals surface area contributed by atoms with E-state index < -0.39 is 0 Å². The Kier molecular flexibility index (Phi) is 2.24. The van der Waals surface area contributed by atoms with Crippen molar-refractivity contribution in [1.29, 1.82) is 0 Å². The largest absolute Gasteiger partial charge is 0.395 e. The summed E-state index contributed by atoms with van der Waals surface area (Å²) in [6, 6.07) is 0. The van der Waals surface area contributed by atoms with Gasteiger partial charge < -0.3 is 5.11 Å². The highest BCUT2D eigenvalue weighted by Crippen LogP contribution is 2.46. The van der Waals surface area contributed by atoms with Gasteiger partial charge in [0, 0.05) is 11.8 Å². The second-order valence-corrected chi connectivity index (χ2v) is 4.28. The number of carbonyl (C=O) groups is 1. The van der Waals surface area contributed by atoms with E-state index in [1.54, 1.807) is 6.08 Å². The average Bonchev–Trinajstić information content (AvgIpc) is 2.18. The van der Waals surface area contributed by atoms with E-state index in [-0.39, 0.29) is 17.8 Å². The number of aliphatic hydroxyl groups is 1. The summed E-state index contributed by atoms with van der Waals surface area (Å²) in [5.74, 6) is 0.251. The van der Waals surface area contributed by atoms with Gasteiger partial charge in [0.15, 0.2) is 5.78 Å². The minimum absolute atomic E-state index is 0.00778. The van der Waals surface area contributed by atoms with E-state index in [1.807, 2.05) is 0 Å². The topological polar surface area (TPSA) is 37.3 Å². The van der Waals surface area contributed by atoms with Gasteiger partial charge in [-0.3, -0.25) is 4.79 Å². The molecule has 1 fully saturated rings. The van der Waals surface area contributed by atoms with Crippen LogP contribution in [0, 0.1) is 5.41 Å². The molecule has 0 saturated heterocycles. The van der Waals surface area contributed by atoms with Crippen LogP contribution in [0.1, 0.15) is 38.5 Å². The van der Waals surface area contributed by atoms with Crippen molar-refractivity contribution in [3.05, 3.63) is 11.6 Å². The van der Waals surface area contributed by atoms with Crippen LogP contribution in [-0.2, 0) is 4.79 Å². The molecule has 2 rings (SSSR count). The van der Waals surface area contributed by atoms with Crippen LogP contribution in [-0.4, -0.2) is 17.5 Å². The van der Waals surface area contributed by atoms with Crippen LogP contribution in [0.2, 0.25) is 0 Å². The molecule has 13 heavy (non-hydrogen) atoms. The number of hydrogen-bond acceptors (Lipinski definition) is 2. The van der Waals surface area contributed by atoms with E-state index in [0.29, 0.717) is 6.42 Å². The van der Waals surface area contributed by atoms with Crippen molar-refractivity contribution in [2.24, 2.45) is 5.41 Å². The van der Waals surface area contributed by atoms with Gasteiger partial charge in [0.1, 0.15) is 0 Å². The van der Waals surface area contributed by atoms with Crippen molar-refractivity contribution in [2.45, 2.75) is 38.5 Å². The molecule has 0 radical (unpaired) electrons. The van der Waals surface area contributed by atoms with E-state index in [1.165, 1.54) is 18.4 Å². The van der Waals surface area contributed by atoms with Gasteiger partial charge in [-0.05, 0) is 31.8 Å². The molecule has 1 unspecified atom stereocenters. The van der Waals surface area contributed by atoms with E-state index in [2.05, 4.69) is 0 Å². The lowest BCUT2D eigenvalue weighted by Gasteiger charge is -2.40. The van der Waals surface area contributed by atoms with Crippen LogP contribution in [0.3, 0.4) is 0 Å². The molecule has 0 bridgehead atoms. The molecule has 72 valence electrons. The summed E-state index contributed by atoms with van der Waals surface area (Å²) in [5, 5.41) is 9.41. The van der Waals surface area contributed by atoms with Gasteiger partial charge >= 0.3 is 0 Å². The number of carbonyl (C=O) groups excluding carboxylic acids is 1. The maximum Gasteiger partial charge on any atom is 0.155 e. The number of rotatable bonds is 1. The van der Waals surface area contributed by atoms with Gasteiger partial charge in [-0.1, -0.05) is 12.0 Å². The predicted molar refractivity (Wildman–Crippen MR) is 50.3 cm³/mol. The minimum Gasteiger partial charge on any atom is -0.395 e. The molecule has 0 amide bonds. The van der Waals surface area contributed by atoms with E-state index in [4.69, 9.17) is 0 Å². The molecule has 0 aromatic heterocycles. The third-order valence-corrected chi connectivity index (χ3v) is 3.52. The minimum atomic E-state index is -0.00778. The Morgan fingerprint density at radius 2 is 2.15 bits per heavy atom. The van der Waals surface area contributed by atoms with Gasteiger partial charge in [-0.2, -0.15) is 0 Å². The molecule has 2 heteroatoms. The number of allylic oxidation sites excluding steroid dienone is 1. The lowest BCUT2D eigenvalue weighted by molar-refractivity contribution is -0.116. The third-order valence-electron chi connectivity index (χ3n) is 3.52. The van der Waals surface area contributed by atoms with Gasteiger partial charge in [0.2, 0.25) is 0 Å². The summed E-state index contributed by atoms with van der Waals surface area (Å²) >= 11 is 0. The third kappa shape index (κ3) is 1.44. The quantitative estimate of drug-likeness (QED) is 0.668. The number of ketones is 1. The molecule has 1 N–H and O–H groups in total. The standard InChI is InChI=1S/C11H16O2/c12-8-11-5-2-1-3-9(11)7-10(13)4-6-11/h7,12H,1-6,8H2. The molecule has 2 aliphatic carbocycles. The lowest BCUT2D eigenvalue weighted by atomic mass is 9.65. The van der Waals surface area contributed by atoms with E-state index in [9.17, 15) is 9.90 Å². The van der Waals surface area contributed by atoms with E-state index >= 15 is 0 Å². The molecule has 1 atom stereocenters. The molecule has 0 aliphatic heterocycles. The lowest BCUT2D eigenvalue weighted by Crippen LogP contribution is -2.34. The van der Waals surface area contributed by atoms with Crippen LogP contribution < -0.4 is 0 Å². The molecular formula is C11H16O2. The smallest absolute Gasteiger partial charge is 0.155 e. The SMILES string of the molecule is O=C1C=C2CCCCC2(CO)CC1. The fraction of sp³-hybridized carbons (Fsp3) is 0.727. The summed E-state index contributed by atoms with van der Waals surface area (Å²) < 4.78 is 0. The average molecular weight is 180 g/mol. The summed E-state index contributed by atoms with van der Waals surface area (Å²) in [6.45, 7) is 0.228. The summed E-state index contributed by atoms with van der Waals surface area (Å²) in [5.41, 5.74) is 1.21. The Balaban J connectivity index is 2.30. The fourth-order valence-electron chi connectivity index (χ4n) is 2.60.